The SMILES string of the molecule is CC1=NOC(C)C1c1cc(C(=O)NCCN(C)CCNC(=O)c2cc(-c3c(C)noc3C)c(C)n(-c3cccc(C(F)(F)F)c3)c2=O)c(=O)n(-c2cccc(C(F)(F)F)c2)c1C. The number of oxime groups is 1. The molecule has 13 nitrogen and oxygen atoms in total. The zero-order valence-electron chi connectivity index (χ0n) is 34.7. The molecule has 2 aromatic carbocycles. The largest absolute Gasteiger partial charge is 0.416 e. The Hall–Kier alpha value is -6.50. The molecule has 2 atom stereocenters. The van der Waals surface area contributed by atoms with Crippen LogP contribution in [-0.2, 0) is 17.2 Å². The van der Waals surface area contributed by atoms with Crippen molar-refractivity contribution in [1.82, 2.24) is 29.8 Å². The Labute approximate surface area is 351 Å². The van der Waals surface area contributed by atoms with Gasteiger partial charge >= 0.3 is 12.4 Å². The molecule has 2 N–H and O–H groups in total. The van der Waals surface area contributed by atoms with Gasteiger partial charge in [-0.3, -0.25) is 28.3 Å². The minimum Gasteiger partial charge on any atom is -0.392 e. The molecule has 62 heavy (non-hydrogen) atoms. The number of alkyl halides is 6. The van der Waals surface area contributed by atoms with E-state index in [9.17, 15) is 45.5 Å². The van der Waals surface area contributed by atoms with Gasteiger partial charge in [0.25, 0.3) is 22.9 Å². The molecule has 0 aliphatic carbocycles. The standard InChI is InChI=1S/C43H43F6N7O6/c1-22-36(26(5)61-52-22)32-20-34(40(59)55(24(32)3)30-12-8-10-28(18-30)42(44,45)46)38(57)50-14-16-54(7)17-15-51-39(58)35-21-33(37-23(2)53-62-27(37)6)25(4)56(41(35)60)31-13-9-11-29(19-31)43(47,48)49/h8-13,18-21,26,36H,14-17H2,1-7H3,(H,50,57)(H,51,58). The number of aryl methyl sites for hydroxylation is 2. The van der Waals surface area contributed by atoms with Gasteiger partial charge in [-0.2, -0.15) is 26.3 Å². The Kier molecular flexibility index (Phi) is 12.7. The number of halogens is 6. The Bertz CT molecular complexity index is 2680. The summed E-state index contributed by atoms with van der Waals surface area (Å²) in [7, 11) is 1.69. The average molecular weight is 868 g/mol. The van der Waals surface area contributed by atoms with Crippen LogP contribution in [0.1, 0.15) is 80.0 Å². The molecule has 328 valence electrons. The predicted octanol–water partition coefficient (Wildman–Crippen LogP) is 6.88. The first-order chi connectivity index (χ1) is 29.1. The zero-order valence-corrected chi connectivity index (χ0v) is 34.7. The second-order valence-electron chi connectivity index (χ2n) is 15.1. The van der Waals surface area contributed by atoms with E-state index in [2.05, 4.69) is 20.9 Å². The molecule has 0 saturated carbocycles. The quantitative estimate of drug-likeness (QED) is 0.129. The van der Waals surface area contributed by atoms with Crippen LogP contribution in [0, 0.1) is 27.7 Å². The molecule has 2 amide bonds. The lowest BCUT2D eigenvalue weighted by Crippen LogP contribution is -2.40. The number of carbonyl (C=O) groups excluding carboxylic acids is 2. The lowest BCUT2D eigenvalue weighted by atomic mass is 9.88. The molecule has 0 saturated heterocycles. The van der Waals surface area contributed by atoms with Crippen molar-refractivity contribution in [1.29, 1.82) is 0 Å². The third-order valence-corrected chi connectivity index (χ3v) is 10.8. The van der Waals surface area contributed by atoms with E-state index in [1.165, 1.54) is 36.4 Å². The normalized spacial score (nSPS) is 15.4. The molecule has 3 aromatic heterocycles. The molecule has 6 rings (SSSR count). The number of pyridine rings is 2. The maximum atomic E-state index is 13.9. The summed E-state index contributed by atoms with van der Waals surface area (Å²) in [4.78, 5) is 62.2. The van der Waals surface area contributed by atoms with Gasteiger partial charge in [-0.05, 0) is 103 Å². The highest BCUT2D eigenvalue weighted by Gasteiger charge is 2.35. The number of hydrogen-bond acceptors (Lipinski definition) is 9. The molecule has 1 aliphatic heterocycles. The highest BCUT2D eigenvalue weighted by molar-refractivity contribution is 5.96. The van der Waals surface area contributed by atoms with E-state index in [4.69, 9.17) is 9.36 Å². The summed E-state index contributed by atoms with van der Waals surface area (Å²) in [6.45, 7) is 10.3. The van der Waals surface area contributed by atoms with Crippen LogP contribution >= 0.6 is 0 Å². The summed E-state index contributed by atoms with van der Waals surface area (Å²) in [5.74, 6) is -1.69. The number of benzene rings is 2. The summed E-state index contributed by atoms with van der Waals surface area (Å²) in [6, 6.07) is 11.2. The van der Waals surface area contributed by atoms with Crippen LogP contribution < -0.4 is 21.8 Å². The van der Waals surface area contributed by atoms with Crippen LogP contribution in [0.4, 0.5) is 26.3 Å². The molecule has 5 aromatic rings. The van der Waals surface area contributed by atoms with Crippen molar-refractivity contribution < 1.29 is 45.3 Å². The van der Waals surface area contributed by atoms with Crippen LogP contribution in [0.3, 0.4) is 0 Å². The lowest BCUT2D eigenvalue weighted by Gasteiger charge is -2.22. The van der Waals surface area contributed by atoms with Crippen molar-refractivity contribution in [2.45, 2.75) is 65.9 Å². The Morgan fingerprint density at radius 1 is 0.758 bits per heavy atom. The highest BCUT2D eigenvalue weighted by atomic mass is 19.4. The number of likely N-dealkylation sites (N-methyl/N-ethyl adjacent to an activating group) is 1. The molecular weight excluding hydrogens is 825 g/mol. The van der Waals surface area contributed by atoms with Gasteiger partial charge in [0.2, 0.25) is 0 Å². The smallest absolute Gasteiger partial charge is 0.392 e. The number of hydrogen-bond donors (Lipinski definition) is 2. The second kappa shape index (κ2) is 17.5. The van der Waals surface area contributed by atoms with Gasteiger partial charge in [0.15, 0.2) is 0 Å². The fraction of sp³-hybridized carbons (Fsp3) is 0.349. The highest BCUT2D eigenvalue weighted by Crippen LogP contribution is 2.35. The van der Waals surface area contributed by atoms with E-state index >= 15 is 0 Å². The fourth-order valence-electron chi connectivity index (χ4n) is 7.58. The number of nitrogens with zero attached hydrogens (tertiary/aromatic N) is 5. The van der Waals surface area contributed by atoms with Gasteiger partial charge in [-0.25, -0.2) is 0 Å². The van der Waals surface area contributed by atoms with Crippen molar-refractivity contribution in [3.63, 3.8) is 0 Å². The maximum absolute atomic E-state index is 13.9. The molecule has 0 fully saturated rings. The van der Waals surface area contributed by atoms with Crippen molar-refractivity contribution in [2.24, 2.45) is 5.16 Å². The maximum Gasteiger partial charge on any atom is 0.416 e. The first kappa shape index (κ1) is 45.0. The van der Waals surface area contributed by atoms with E-state index in [0.29, 0.717) is 39.6 Å². The van der Waals surface area contributed by atoms with E-state index in [1.54, 1.807) is 53.5 Å². The summed E-state index contributed by atoms with van der Waals surface area (Å²) in [5.41, 5.74) is -1.62. The zero-order chi connectivity index (χ0) is 45.4. The van der Waals surface area contributed by atoms with Crippen LogP contribution in [0.25, 0.3) is 22.5 Å². The van der Waals surface area contributed by atoms with Gasteiger partial charge in [-0.15, -0.1) is 0 Å². The van der Waals surface area contributed by atoms with Crippen molar-refractivity contribution in [3.05, 3.63) is 132 Å². The molecule has 0 bridgehead atoms. The van der Waals surface area contributed by atoms with Crippen LogP contribution in [0.2, 0.25) is 0 Å². The third-order valence-electron chi connectivity index (χ3n) is 10.8. The number of amides is 2. The summed E-state index contributed by atoms with van der Waals surface area (Å²) < 4.78 is 89.6. The van der Waals surface area contributed by atoms with Gasteiger partial charge in [0, 0.05) is 60.1 Å². The fourth-order valence-corrected chi connectivity index (χ4v) is 7.58. The number of rotatable bonds is 12. The van der Waals surface area contributed by atoms with Crippen molar-refractivity contribution >= 4 is 17.5 Å². The average Bonchev–Trinajstić information content (AvgIpc) is 3.72. The predicted molar refractivity (Wildman–Crippen MR) is 217 cm³/mol. The number of nitrogens with one attached hydrogen (secondary N) is 2. The van der Waals surface area contributed by atoms with E-state index < -0.39 is 58.4 Å². The topological polar surface area (TPSA) is 153 Å². The molecular formula is C43H43F6N7O6. The Morgan fingerprint density at radius 3 is 1.71 bits per heavy atom. The van der Waals surface area contributed by atoms with Gasteiger partial charge in [0.1, 0.15) is 23.0 Å². The van der Waals surface area contributed by atoms with Crippen molar-refractivity contribution in [3.8, 4) is 22.5 Å². The number of aromatic nitrogens is 3. The minimum atomic E-state index is -4.69. The molecule has 4 heterocycles. The van der Waals surface area contributed by atoms with E-state index in [-0.39, 0.29) is 54.4 Å². The lowest BCUT2D eigenvalue weighted by molar-refractivity contribution is -0.138. The van der Waals surface area contributed by atoms with Crippen LogP contribution in [-0.4, -0.2) is 76.0 Å². The van der Waals surface area contributed by atoms with Gasteiger partial charge < -0.3 is 24.9 Å². The van der Waals surface area contributed by atoms with Gasteiger partial charge in [0.05, 0.1) is 28.5 Å². The minimum absolute atomic E-state index is 0.00633. The monoisotopic (exact) mass is 867 g/mol. The van der Waals surface area contributed by atoms with E-state index in [1.807, 2.05) is 0 Å². The third kappa shape index (κ3) is 9.07. The molecule has 19 heteroatoms. The molecule has 0 spiro atoms. The summed E-state index contributed by atoms with van der Waals surface area (Å²) >= 11 is 0. The molecule has 1 aliphatic rings. The summed E-state index contributed by atoms with van der Waals surface area (Å²) in [6.07, 6.45) is -9.87. The Morgan fingerprint density at radius 2 is 1.26 bits per heavy atom. The first-order valence-corrected chi connectivity index (χ1v) is 19.4. The van der Waals surface area contributed by atoms with Gasteiger partial charge in [-0.1, -0.05) is 22.4 Å². The molecule has 0 radical (unpaired) electrons. The number of carbonyl (C=O) groups is 2. The molecule has 2 unspecified atom stereocenters. The van der Waals surface area contributed by atoms with E-state index in [0.717, 1.165) is 33.4 Å². The Balaban J connectivity index is 1.18. The first-order valence-electron chi connectivity index (χ1n) is 19.4. The second-order valence-corrected chi connectivity index (χ2v) is 15.1. The summed E-state index contributed by atoms with van der Waals surface area (Å²) in [5, 5.41) is 13.4. The van der Waals surface area contributed by atoms with Crippen LogP contribution in [0.15, 0.2) is 79.9 Å². The van der Waals surface area contributed by atoms with Crippen molar-refractivity contribution in [2.75, 3.05) is 33.2 Å². The van der Waals surface area contributed by atoms with Crippen LogP contribution in [0.5, 0.6) is 0 Å².